The molecule has 0 N–H and O–H groups in total. The first-order chi connectivity index (χ1) is 9.79. The van der Waals surface area contributed by atoms with Crippen LogP contribution < -0.4 is 0 Å². The van der Waals surface area contributed by atoms with Gasteiger partial charge >= 0.3 is 0 Å². The minimum Gasteiger partial charge on any atom is -0.326 e. The molecule has 2 rings (SSSR count). The normalized spacial score (nSPS) is 9.70. The quantitative estimate of drug-likeness (QED) is 0.618. The van der Waals surface area contributed by atoms with Crippen LogP contribution in [0.3, 0.4) is 0 Å². The second-order valence-electron chi connectivity index (χ2n) is 3.72. The predicted octanol–water partition coefficient (Wildman–Crippen LogP) is 5.91. The molecule has 2 nitrogen and oxygen atoms in total. The Morgan fingerprint density at radius 2 is 1.75 bits per heavy atom. The molecule has 1 aromatic heterocycles. The first-order valence-corrected chi connectivity index (χ1v) is 7.52. The number of aryl methyl sites for hydroxylation is 2. The number of nitrogens with zero attached hydrogens (tertiary/aromatic N) is 2. The maximum Gasteiger partial charge on any atom is 0.136 e. The van der Waals surface area contributed by atoms with Crippen LogP contribution in [0.2, 0.25) is 0 Å². The number of allylic oxidation sites excluding steroid dienone is 1. The number of rotatable bonds is 3. The van der Waals surface area contributed by atoms with Crippen LogP contribution in [-0.2, 0) is 6.54 Å². The molecule has 0 fully saturated rings. The smallest absolute Gasteiger partial charge is 0.136 e. The third-order valence-corrected chi connectivity index (χ3v) is 2.81. The zero-order valence-corrected chi connectivity index (χ0v) is 13.8. The van der Waals surface area contributed by atoms with Crippen LogP contribution in [-0.4, -0.2) is 10.8 Å². The molecule has 0 bridgehead atoms. The summed E-state index contributed by atoms with van der Waals surface area (Å²) in [6, 6.07) is 8.41. The fourth-order valence-corrected chi connectivity index (χ4v) is 2.07. The minimum absolute atomic E-state index is 0.929. The molecule has 0 amide bonds. The number of aliphatic imine (C=N–C) groups is 1. The van der Waals surface area contributed by atoms with Crippen molar-refractivity contribution in [2.24, 2.45) is 4.99 Å². The summed E-state index contributed by atoms with van der Waals surface area (Å²) < 4.78 is 2.23. The van der Waals surface area contributed by atoms with Crippen molar-refractivity contribution in [1.29, 1.82) is 0 Å². The number of fused-ring (bicyclic) bond motifs is 1. The van der Waals surface area contributed by atoms with Gasteiger partial charge < -0.3 is 4.57 Å². The maximum absolute atomic E-state index is 4.45. The topological polar surface area (TPSA) is 17.3 Å². The summed E-state index contributed by atoms with van der Waals surface area (Å²) in [7, 11) is 0. The van der Waals surface area contributed by atoms with Crippen molar-refractivity contribution < 1.29 is 0 Å². The van der Waals surface area contributed by atoms with E-state index in [-0.39, 0.29) is 0 Å². The van der Waals surface area contributed by atoms with Gasteiger partial charge in [-0.3, -0.25) is 0 Å². The number of hydrogen-bond acceptors (Lipinski definition) is 1. The van der Waals surface area contributed by atoms with E-state index in [4.69, 9.17) is 0 Å². The second kappa shape index (κ2) is 10.0. The molecule has 110 valence electrons. The van der Waals surface area contributed by atoms with Gasteiger partial charge in [-0.25, -0.2) is 4.99 Å². The lowest BCUT2D eigenvalue weighted by molar-refractivity contribution is 0.798. The molecule has 2 aromatic rings. The standard InChI is InChI=1S/C14H16N2.2C2H6/c1-4-10-15-14-11(3)12-8-6-7-9-13(12)16(14)5-2;2*1-2/h4,6-10H,1,5H2,2-3H3;2*1-2H3/b15-10-;;. The van der Waals surface area contributed by atoms with Crippen LogP contribution in [0.4, 0.5) is 5.82 Å². The van der Waals surface area contributed by atoms with Gasteiger partial charge in [-0.15, -0.1) is 0 Å². The third kappa shape index (κ3) is 3.83. The Morgan fingerprint density at radius 3 is 2.30 bits per heavy atom. The van der Waals surface area contributed by atoms with Gasteiger partial charge in [-0.2, -0.15) is 0 Å². The van der Waals surface area contributed by atoms with E-state index in [0.29, 0.717) is 0 Å². The molecule has 1 aromatic carbocycles. The molecule has 0 unspecified atom stereocenters. The average molecular weight is 272 g/mol. The van der Waals surface area contributed by atoms with Crippen LogP contribution in [0.1, 0.15) is 40.2 Å². The van der Waals surface area contributed by atoms with Crippen LogP contribution in [0.5, 0.6) is 0 Å². The summed E-state index contributed by atoms with van der Waals surface area (Å²) >= 11 is 0. The van der Waals surface area contributed by atoms with Gasteiger partial charge in [0.1, 0.15) is 5.82 Å². The Kier molecular flexibility index (Phi) is 9.10. The highest BCUT2D eigenvalue weighted by atomic mass is 15.1. The van der Waals surface area contributed by atoms with E-state index in [0.717, 1.165) is 12.4 Å². The van der Waals surface area contributed by atoms with Gasteiger partial charge in [0.15, 0.2) is 0 Å². The Labute approximate surface area is 123 Å². The van der Waals surface area contributed by atoms with E-state index in [2.05, 4.69) is 54.3 Å². The highest BCUT2D eigenvalue weighted by Gasteiger charge is 2.10. The molecule has 20 heavy (non-hydrogen) atoms. The highest BCUT2D eigenvalue weighted by molar-refractivity contribution is 5.90. The maximum atomic E-state index is 4.45. The van der Waals surface area contributed by atoms with Crippen LogP contribution in [0.25, 0.3) is 10.9 Å². The van der Waals surface area contributed by atoms with Gasteiger partial charge in [-0.1, -0.05) is 58.5 Å². The lowest BCUT2D eigenvalue weighted by Gasteiger charge is -2.03. The summed E-state index contributed by atoms with van der Waals surface area (Å²) in [4.78, 5) is 4.45. The average Bonchev–Trinajstić information content (AvgIpc) is 2.81. The van der Waals surface area contributed by atoms with Gasteiger partial charge in [0.2, 0.25) is 0 Å². The van der Waals surface area contributed by atoms with Crippen LogP contribution in [0, 0.1) is 6.92 Å². The lowest BCUT2D eigenvalue weighted by atomic mass is 10.2. The molecule has 2 heteroatoms. The number of benzene rings is 1. The fourth-order valence-electron chi connectivity index (χ4n) is 2.07. The zero-order chi connectivity index (χ0) is 15.5. The number of para-hydroxylation sites is 1. The molecule has 0 spiro atoms. The molecule has 0 aliphatic heterocycles. The number of hydrogen-bond donors (Lipinski definition) is 0. The second-order valence-corrected chi connectivity index (χ2v) is 3.72. The van der Waals surface area contributed by atoms with Crippen molar-refractivity contribution >= 4 is 22.9 Å². The third-order valence-electron chi connectivity index (χ3n) is 2.81. The molecule has 0 saturated carbocycles. The summed E-state index contributed by atoms with van der Waals surface area (Å²) in [5, 5.41) is 1.28. The first kappa shape index (κ1) is 18.2. The van der Waals surface area contributed by atoms with Crippen molar-refractivity contribution in [2.75, 3.05) is 0 Å². The van der Waals surface area contributed by atoms with Crippen LogP contribution in [0.15, 0.2) is 41.9 Å². The molecule has 0 saturated heterocycles. The monoisotopic (exact) mass is 272 g/mol. The molecular formula is C18H28N2. The molecule has 1 heterocycles. The van der Waals surface area contributed by atoms with Gasteiger partial charge in [0.25, 0.3) is 0 Å². The highest BCUT2D eigenvalue weighted by Crippen LogP contribution is 2.31. The SMILES string of the molecule is C=C/C=N\c1c(C)c2ccccc2n1CC.CC.CC. The Morgan fingerprint density at radius 1 is 1.15 bits per heavy atom. The van der Waals surface area contributed by atoms with Crippen LogP contribution >= 0.6 is 0 Å². The summed E-state index contributed by atoms with van der Waals surface area (Å²) in [5.74, 6) is 1.03. The molecule has 0 aliphatic rings. The van der Waals surface area contributed by atoms with Gasteiger partial charge in [0, 0.05) is 29.2 Å². The predicted molar refractivity (Wildman–Crippen MR) is 93.4 cm³/mol. The Bertz CT molecular complexity index is 548. The van der Waals surface area contributed by atoms with Gasteiger partial charge in [0.05, 0.1) is 0 Å². The van der Waals surface area contributed by atoms with Crippen molar-refractivity contribution in [1.82, 2.24) is 4.57 Å². The van der Waals surface area contributed by atoms with E-state index in [1.807, 2.05) is 27.7 Å². The molecule has 0 aliphatic carbocycles. The fraction of sp³-hybridized carbons (Fsp3) is 0.389. The van der Waals surface area contributed by atoms with Crippen molar-refractivity contribution in [3.8, 4) is 0 Å². The minimum atomic E-state index is 0.929. The molecule has 0 atom stereocenters. The van der Waals surface area contributed by atoms with Crippen molar-refractivity contribution in [3.05, 3.63) is 42.5 Å². The van der Waals surface area contributed by atoms with E-state index < -0.39 is 0 Å². The Balaban J connectivity index is 0.000000829. The summed E-state index contributed by atoms with van der Waals surface area (Å²) in [5.41, 5.74) is 2.48. The number of aromatic nitrogens is 1. The largest absolute Gasteiger partial charge is 0.326 e. The summed E-state index contributed by atoms with van der Waals surface area (Å²) in [6.07, 6.45) is 3.45. The molecule has 0 radical (unpaired) electrons. The van der Waals surface area contributed by atoms with E-state index in [1.165, 1.54) is 16.5 Å². The van der Waals surface area contributed by atoms with Gasteiger partial charge in [-0.05, 0) is 19.9 Å². The van der Waals surface area contributed by atoms with E-state index in [1.54, 1.807) is 12.3 Å². The van der Waals surface area contributed by atoms with E-state index >= 15 is 0 Å². The molecular weight excluding hydrogens is 244 g/mol. The zero-order valence-electron chi connectivity index (χ0n) is 13.8. The summed E-state index contributed by atoms with van der Waals surface area (Å²) in [6.45, 7) is 16.8. The van der Waals surface area contributed by atoms with E-state index in [9.17, 15) is 0 Å². The lowest BCUT2D eigenvalue weighted by Crippen LogP contribution is -1.92. The van der Waals surface area contributed by atoms with Crippen molar-refractivity contribution in [3.63, 3.8) is 0 Å². The Hall–Kier alpha value is -1.83. The first-order valence-electron chi connectivity index (χ1n) is 7.52. The van der Waals surface area contributed by atoms with Crippen molar-refractivity contribution in [2.45, 2.75) is 48.1 Å².